The first kappa shape index (κ1) is 22.5. The van der Waals surface area contributed by atoms with Crippen LogP contribution < -0.4 is 10.6 Å². The predicted molar refractivity (Wildman–Crippen MR) is 121 cm³/mol. The van der Waals surface area contributed by atoms with Crippen LogP contribution in [0.3, 0.4) is 0 Å². The summed E-state index contributed by atoms with van der Waals surface area (Å²) < 4.78 is 5.43. The summed E-state index contributed by atoms with van der Waals surface area (Å²) in [6, 6.07) is 2.54. The Kier molecular flexibility index (Phi) is 7.14. The topological polar surface area (TPSA) is 86.7 Å². The Morgan fingerprint density at radius 2 is 2.10 bits per heavy atom. The number of pyridine rings is 1. The van der Waals surface area contributed by atoms with E-state index in [1.165, 1.54) is 18.4 Å². The number of aromatic nitrogens is 1. The zero-order valence-electron chi connectivity index (χ0n) is 19.1. The molecule has 3 N–H and O–H groups in total. The number of hydrogen-bond donors (Lipinski definition) is 3. The second kappa shape index (κ2) is 9.84. The largest absolute Gasteiger partial charge is 0.396 e. The maximum atomic E-state index is 13.8. The Bertz CT molecular complexity index is 761. The van der Waals surface area contributed by atoms with Gasteiger partial charge in [0, 0.05) is 51.6 Å². The summed E-state index contributed by atoms with van der Waals surface area (Å²) in [7, 11) is 1.76. The maximum Gasteiger partial charge on any atom is 0.274 e. The van der Waals surface area contributed by atoms with Gasteiger partial charge in [-0.15, -0.1) is 0 Å². The van der Waals surface area contributed by atoms with Crippen LogP contribution >= 0.6 is 0 Å². The van der Waals surface area contributed by atoms with Crippen LogP contribution in [0, 0.1) is 11.8 Å². The molecule has 31 heavy (non-hydrogen) atoms. The molecule has 0 unspecified atom stereocenters. The molecule has 2 aliphatic carbocycles. The smallest absolute Gasteiger partial charge is 0.274 e. The van der Waals surface area contributed by atoms with E-state index in [0.717, 1.165) is 38.0 Å². The molecule has 1 amide bonds. The molecule has 4 rings (SSSR count). The second-order valence-electron chi connectivity index (χ2n) is 10.1. The number of aliphatic hydroxyl groups excluding tert-OH is 1. The standard InChI is InChI=1S/C24H38N4O3/c1-15(2)13-28(20-6-16(14-29)10-25-12-20)24(30)23-22(27-19-8-21(9-19)31-3)7-18(11-26-23)17-4-5-17/h7,11,15-17,19-21,25,27,29H,4-6,8-10,12-14H2,1-3H3/t16-,19?,20+,21?/m1/s1. The molecule has 2 saturated carbocycles. The highest BCUT2D eigenvalue weighted by atomic mass is 16.5. The van der Waals surface area contributed by atoms with Gasteiger partial charge in [0.2, 0.25) is 0 Å². The number of rotatable bonds is 9. The van der Waals surface area contributed by atoms with Crippen molar-refractivity contribution in [3.05, 3.63) is 23.5 Å². The molecule has 0 aromatic carbocycles. The lowest BCUT2D eigenvalue weighted by molar-refractivity contribution is 0.0328. The number of nitrogens with one attached hydrogen (secondary N) is 2. The molecule has 1 saturated heterocycles. The van der Waals surface area contributed by atoms with Gasteiger partial charge in [0.25, 0.3) is 5.91 Å². The summed E-state index contributed by atoms with van der Waals surface area (Å²) in [4.78, 5) is 20.5. The van der Waals surface area contributed by atoms with Crippen LogP contribution in [-0.2, 0) is 4.74 Å². The van der Waals surface area contributed by atoms with Crippen LogP contribution in [0.25, 0.3) is 0 Å². The molecule has 1 aromatic heterocycles. The van der Waals surface area contributed by atoms with Crippen molar-refractivity contribution in [2.75, 3.05) is 38.7 Å². The van der Waals surface area contributed by atoms with Gasteiger partial charge in [-0.05, 0) is 61.5 Å². The van der Waals surface area contributed by atoms with Crippen LogP contribution in [0.2, 0.25) is 0 Å². The molecule has 0 bridgehead atoms. The van der Waals surface area contributed by atoms with Crippen molar-refractivity contribution < 1.29 is 14.6 Å². The Morgan fingerprint density at radius 1 is 1.32 bits per heavy atom. The van der Waals surface area contributed by atoms with E-state index < -0.39 is 0 Å². The maximum absolute atomic E-state index is 13.8. The van der Waals surface area contributed by atoms with Gasteiger partial charge in [0.05, 0.1) is 11.8 Å². The average molecular weight is 431 g/mol. The number of carbonyl (C=O) groups is 1. The number of piperidine rings is 1. The molecule has 0 radical (unpaired) electrons. The highest BCUT2D eigenvalue weighted by molar-refractivity contribution is 5.98. The van der Waals surface area contributed by atoms with Crippen molar-refractivity contribution in [2.45, 2.75) is 70.1 Å². The summed E-state index contributed by atoms with van der Waals surface area (Å²) in [5, 5.41) is 16.7. The van der Waals surface area contributed by atoms with E-state index in [1.807, 2.05) is 11.1 Å². The molecule has 0 spiro atoms. The first-order chi connectivity index (χ1) is 15.0. The van der Waals surface area contributed by atoms with Gasteiger partial charge in [-0.3, -0.25) is 4.79 Å². The van der Waals surface area contributed by atoms with E-state index in [0.29, 0.717) is 36.2 Å². The molecule has 7 nitrogen and oxygen atoms in total. The summed E-state index contributed by atoms with van der Waals surface area (Å²) in [5.41, 5.74) is 2.62. The van der Waals surface area contributed by atoms with Crippen molar-refractivity contribution in [3.8, 4) is 0 Å². The first-order valence-electron chi connectivity index (χ1n) is 11.9. The van der Waals surface area contributed by atoms with E-state index >= 15 is 0 Å². The van der Waals surface area contributed by atoms with Crippen molar-refractivity contribution >= 4 is 11.6 Å². The van der Waals surface area contributed by atoms with E-state index in [2.05, 4.69) is 30.5 Å². The van der Waals surface area contributed by atoms with Crippen molar-refractivity contribution in [1.82, 2.24) is 15.2 Å². The van der Waals surface area contributed by atoms with E-state index in [-0.39, 0.29) is 24.5 Å². The summed E-state index contributed by atoms with van der Waals surface area (Å²) in [6.45, 7) is 6.68. The molecule has 1 aromatic rings. The number of amides is 1. The van der Waals surface area contributed by atoms with E-state index in [4.69, 9.17) is 9.72 Å². The number of aliphatic hydroxyl groups is 1. The number of nitrogens with zero attached hydrogens (tertiary/aromatic N) is 2. The molecular formula is C24H38N4O3. The lowest BCUT2D eigenvalue weighted by Crippen LogP contribution is -2.53. The van der Waals surface area contributed by atoms with E-state index in [1.54, 1.807) is 7.11 Å². The van der Waals surface area contributed by atoms with Gasteiger partial charge < -0.3 is 25.4 Å². The Balaban J connectivity index is 1.57. The van der Waals surface area contributed by atoms with Gasteiger partial charge in [0.1, 0.15) is 0 Å². The third-order valence-electron chi connectivity index (χ3n) is 6.89. The minimum absolute atomic E-state index is 0.00782. The molecule has 7 heteroatoms. The quantitative estimate of drug-likeness (QED) is 0.558. The number of hydrogen-bond acceptors (Lipinski definition) is 6. The second-order valence-corrected chi connectivity index (χ2v) is 10.1. The Morgan fingerprint density at radius 3 is 2.74 bits per heavy atom. The Labute approximate surface area is 185 Å². The van der Waals surface area contributed by atoms with Crippen LogP contribution in [0.4, 0.5) is 5.69 Å². The SMILES string of the molecule is COC1CC(Nc2cc(C3CC3)cnc2C(=O)N(CC(C)C)[C@@H]2CNC[C@H](CO)C2)C1. The third kappa shape index (κ3) is 5.38. The lowest BCUT2D eigenvalue weighted by Gasteiger charge is -2.39. The highest BCUT2D eigenvalue weighted by Crippen LogP contribution is 2.41. The predicted octanol–water partition coefficient (Wildman–Crippen LogP) is 2.62. The minimum atomic E-state index is -0.00782. The fourth-order valence-corrected chi connectivity index (χ4v) is 4.81. The normalized spacial score (nSPS) is 28.3. The molecule has 2 atom stereocenters. The number of ether oxygens (including phenoxy) is 1. The zero-order chi connectivity index (χ0) is 22.0. The monoisotopic (exact) mass is 430 g/mol. The zero-order valence-corrected chi connectivity index (χ0v) is 19.1. The summed E-state index contributed by atoms with van der Waals surface area (Å²) >= 11 is 0. The molecule has 3 fully saturated rings. The number of carbonyl (C=O) groups excluding carboxylic acids is 1. The molecular weight excluding hydrogens is 392 g/mol. The lowest BCUT2D eigenvalue weighted by atomic mass is 9.89. The Hall–Kier alpha value is -1.70. The highest BCUT2D eigenvalue weighted by Gasteiger charge is 2.35. The summed E-state index contributed by atoms with van der Waals surface area (Å²) in [5.74, 6) is 1.12. The van der Waals surface area contributed by atoms with Gasteiger partial charge in [-0.1, -0.05) is 13.8 Å². The van der Waals surface area contributed by atoms with Crippen LogP contribution in [0.5, 0.6) is 0 Å². The minimum Gasteiger partial charge on any atom is -0.396 e. The van der Waals surface area contributed by atoms with Gasteiger partial charge in [0.15, 0.2) is 5.69 Å². The van der Waals surface area contributed by atoms with Crippen molar-refractivity contribution in [2.24, 2.45) is 11.8 Å². The van der Waals surface area contributed by atoms with Crippen LogP contribution in [0.15, 0.2) is 12.3 Å². The molecule has 3 aliphatic rings. The van der Waals surface area contributed by atoms with Crippen LogP contribution in [0.1, 0.15) is 67.9 Å². The average Bonchev–Trinajstić information content (AvgIpc) is 3.59. The molecule has 1 aliphatic heterocycles. The number of anilines is 1. The van der Waals surface area contributed by atoms with Crippen molar-refractivity contribution in [1.29, 1.82) is 0 Å². The van der Waals surface area contributed by atoms with Gasteiger partial charge in [-0.2, -0.15) is 0 Å². The van der Waals surface area contributed by atoms with Crippen LogP contribution in [-0.4, -0.2) is 72.4 Å². The van der Waals surface area contributed by atoms with Crippen molar-refractivity contribution in [3.63, 3.8) is 0 Å². The van der Waals surface area contributed by atoms with Gasteiger partial charge >= 0.3 is 0 Å². The van der Waals surface area contributed by atoms with Gasteiger partial charge in [-0.25, -0.2) is 4.98 Å². The fourth-order valence-electron chi connectivity index (χ4n) is 4.81. The first-order valence-corrected chi connectivity index (χ1v) is 11.9. The van der Waals surface area contributed by atoms with E-state index in [9.17, 15) is 9.90 Å². The number of methoxy groups -OCH3 is 1. The third-order valence-corrected chi connectivity index (χ3v) is 6.89. The fraction of sp³-hybridized carbons (Fsp3) is 0.750. The molecule has 2 heterocycles. The summed E-state index contributed by atoms with van der Waals surface area (Å²) in [6.07, 6.45) is 7.35. The molecule has 172 valence electrons.